The van der Waals surface area contributed by atoms with Gasteiger partial charge < -0.3 is 5.01 Å². The Morgan fingerprint density at radius 3 is 1.84 bits per heavy atom. The molecule has 0 spiro atoms. The van der Waals surface area contributed by atoms with E-state index in [4.69, 9.17) is 5.10 Å². The van der Waals surface area contributed by atoms with E-state index in [1.807, 2.05) is 25.2 Å². The van der Waals surface area contributed by atoms with Gasteiger partial charge in [-0.1, -0.05) is 91.0 Å². The molecule has 1 unspecified atom stereocenters. The van der Waals surface area contributed by atoms with Crippen LogP contribution in [0.3, 0.4) is 0 Å². The Balaban J connectivity index is 2.07. The number of hydrazone groups is 1. The van der Waals surface area contributed by atoms with Crippen LogP contribution in [0.15, 0.2) is 96.1 Å². The molecule has 0 saturated carbocycles. The number of hydrogen-bond donors (Lipinski definition) is 0. The number of hydrogen-bond acceptors (Lipinski definition) is 2. The molecule has 0 aliphatic rings. The molecule has 0 amide bonds. The third-order valence-corrected chi connectivity index (χ3v) is 4.19. The smallest absolute Gasteiger partial charge is 0.0755 e. The van der Waals surface area contributed by atoms with Gasteiger partial charge in [0.05, 0.1) is 5.71 Å². The highest BCUT2D eigenvalue weighted by Gasteiger charge is 2.21. The van der Waals surface area contributed by atoms with Crippen molar-refractivity contribution < 1.29 is 0 Å². The zero-order valence-corrected chi connectivity index (χ0v) is 14.8. The van der Waals surface area contributed by atoms with Gasteiger partial charge in [0.2, 0.25) is 0 Å². The van der Waals surface area contributed by atoms with Crippen molar-refractivity contribution in [2.24, 2.45) is 5.10 Å². The van der Waals surface area contributed by atoms with Gasteiger partial charge in [0.15, 0.2) is 0 Å². The lowest BCUT2D eigenvalue weighted by Gasteiger charge is -2.22. The van der Waals surface area contributed by atoms with Gasteiger partial charge in [0, 0.05) is 20.0 Å². The maximum atomic E-state index is 4.87. The van der Waals surface area contributed by atoms with Crippen LogP contribution in [-0.4, -0.2) is 24.8 Å². The molecule has 25 heavy (non-hydrogen) atoms. The minimum atomic E-state index is 0.202. The second-order valence-electron chi connectivity index (χ2n) is 6.35. The fourth-order valence-electron chi connectivity index (χ4n) is 3.06. The maximum Gasteiger partial charge on any atom is 0.0755 e. The van der Waals surface area contributed by atoms with Gasteiger partial charge in [0.1, 0.15) is 0 Å². The van der Waals surface area contributed by atoms with Gasteiger partial charge in [0.25, 0.3) is 0 Å². The molecular weight excluding hydrogens is 304 g/mol. The van der Waals surface area contributed by atoms with E-state index < -0.39 is 0 Å². The van der Waals surface area contributed by atoms with Crippen molar-refractivity contribution in [3.63, 3.8) is 0 Å². The number of rotatable bonds is 6. The van der Waals surface area contributed by atoms with E-state index in [0.717, 1.165) is 12.1 Å². The van der Waals surface area contributed by atoms with Crippen LogP contribution in [0.1, 0.15) is 22.6 Å². The highest BCUT2D eigenvalue weighted by atomic mass is 15.4. The van der Waals surface area contributed by atoms with E-state index in [2.05, 4.69) is 84.9 Å². The van der Waals surface area contributed by atoms with Crippen molar-refractivity contribution in [1.82, 2.24) is 5.01 Å². The first-order valence-electron chi connectivity index (χ1n) is 8.64. The fourth-order valence-corrected chi connectivity index (χ4v) is 3.06. The SMILES string of the molecule is CN(C)N=C(c1ccccc1)C(Cc1ccccc1)c1ccccc1. The van der Waals surface area contributed by atoms with Gasteiger partial charge in [-0.15, -0.1) is 0 Å². The highest BCUT2D eigenvalue weighted by molar-refractivity contribution is 6.05. The van der Waals surface area contributed by atoms with E-state index in [9.17, 15) is 0 Å². The van der Waals surface area contributed by atoms with E-state index in [-0.39, 0.29) is 5.92 Å². The minimum absolute atomic E-state index is 0.202. The lowest BCUT2D eigenvalue weighted by Crippen LogP contribution is -2.20. The topological polar surface area (TPSA) is 15.6 Å². The monoisotopic (exact) mass is 328 g/mol. The summed E-state index contributed by atoms with van der Waals surface area (Å²) >= 11 is 0. The Morgan fingerprint density at radius 1 is 0.760 bits per heavy atom. The second kappa shape index (κ2) is 8.29. The van der Waals surface area contributed by atoms with Crippen LogP contribution >= 0.6 is 0 Å². The van der Waals surface area contributed by atoms with E-state index in [0.29, 0.717) is 0 Å². The van der Waals surface area contributed by atoms with Gasteiger partial charge in [-0.05, 0) is 23.1 Å². The van der Waals surface area contributed by atoms with Crippen molar-refractivity contribution in [2.75, 3.05) is 14.1 Å². The quantitative estimate of drug-likeness (QED) is 0.460. The molecular formula is C23H24N2. The Morgan fingerprint density at radius 2 is 1.28 bits per heavy atom. The predicted octanol–water partition coefficient (Wildman–Crippen LogP) is 4.98. The summed E-state index contributed by atoms with van der Waals surface area (Å²) in [5, 5.41) is 6.76. The number of nitrogens with zero attached hydrogens (tertiary/aromatic N) is 2. The molecule has 3 aromatic carbocycles. The van der Waals surface area contributed by atoms with Gasteiger partial charge in [-0.3, -0.25) is 0 Å². The van der Waals surface area contributed by atoms with Crippen molar-refractivity contribution in [1.29, 1.82) is 0 Å². The summed E-state index contributed by atoms with van der Waals surface area (Å²) < 4.78 is 0. The van der Waals surface area contributed by atoms with Crippen LogP contribution in [-0.2, 0) is 6.42 Å². The van der Waals surface area contributed by atoms with E-state index >= 15 is 0 Å². The third-order valence-electron chi connectivity index (χ3n) is 4.19. The Labute approximate surface area is 150 Å². The molecule has 126 valence electrons. The summed E-state index contributed by atoms with van der Waals surface area (Å²) in [4.78, 5) is 0. The van der Waals surface area contributed by atoms with Gasteiger partial charge in [-0.2, -0.15) is 5.10 Å². The summed E-state index contributed by atoms with van der Waals surface area (Å²) in [5.41, 5.74) is 4.87. The van der Waals surface area contributed by atoms with Crippen LogP contribution in [0.5, 0.6) is 0 Å². The average Bonchev–Trinajstić information content (AvgIpc) is 2.66. The molecule has 3 aromatic rings. The highest BCUT2D eigenvalue weighted by Crippen LogP contribution is 2.26. The lowest BCUT2D eigenvalue weighted by molar-refractivity contribution is 0.435. The van der Waals surface area contributed by atoms with Crippen LogP contribution in [0, 0.1) is 0 Å². The van der Waals surface area contributed by atoms with Crippen molar-refractivity contribution in [2.45, 2.75) is 12.3 Å². The molecule has 2 heteroatoms. The van der Waals surface area contributed by atoms with Crippen molar-refractivity contribution in [3.8, 4) is 0 Å². The van der Waals surface area contributed by atoms with Crippen LogP contribution in [0.25, 0.3) is 0 Å². The molecule has 3 rings (SSSR count). The zero-order chi connectivity index (χ0) is 17.5. The Bertz CT molecular complexity index is 793. The second-order valence-corrected chi connectivity index (χ2v) is 6.35. The molecule has 0 aliphatic carbocycles. The zero-order valence-electron chi connectivity index (χ0n) is 14.8. The standard InChI is InChI=1S/C23H24N2/c1-25(2)24-23(21-16-10-5-11-17-21)22(20-14-8-4-9-15-20)18-19-12-6-3-7-13-19/h3-17,22H,18H2,1-2H3. The Kier molecular flexibility index (Phi) is 5.63. The summed E-state index contributed by atoms with van der Waals surface area (Å²) in [6, 6.07) is 31.8. The molecule has 0 heterocycles. The van der Waals surface area contributed by atoms with E-state index in [1.165, 1.54) is 16.7 Å². The summed E-state index contributed by atoms with van der Waals surface area (Å²) in [6.07, 6.45) is 0.923. The van der Waals surface area contributed by atoms with E-state index in [1.54, 1.807) is 0 Å². The minimum Gasteiger partial charge on any atom is -0.303 e. The maximum absolute atomic E-state index is 4.87. The van der Waals surface area contributed by atoms with Crippen LogP contribution in [0.2, 0.25) is 0 Å². The molecule has 0 radical (unpaired) electrons. The summed E-state index contributed by atoms with van der Waals surface area (Å²) in [7, 11) is 3.96. The lowest BCUT2D eigenvalue weighted by atomic mass is 9.85. The molecule has 0 N–H and O–H groups in total. The fraction of sp³-hybridized carbons (Fsp3) is 0.174. The first-order valence-corrected chi connectivity index (χ1v) is 8.64. The molecule has 0 aromatic heterocycles. The van der Waals surface area contributed by atoms with Crippen LogP contribution in [0.4, 0.5) is 0 Å². The normalized spacial score (nSPS) is 12.6. The molecule has 2 nitrogen and oxygen atoms in total. The first-order chi connectivity index (χ1) is 12.2. The molecule has 0 aliphatic heterocycles. The molecule has 0 bridgehead atoms. The van der Waals surface area contributed by atoms with Gasteiger partial charge in [-0.25, -0.2) is 0 Å². The summed E-state index contributed by atoms with van der Waals surface area (Å²) in [5.74, 6) is 0.202. The number of benzene rings is 3. The third kappa shape index (κ3) is 4.57. The van der Waals surface area contributed by atoms with Crippen LogP contribution < -0.4 is 0 Å². The average molecular weight is 328 g/mol. The molecule has 0 fully saturated rings. The summed E-state index contributed by atoms with van der Waals surface area (Å²) in [6.45, 7) is 0. The van der Waals surface area contributed by atoms with Crippen molar-refractivity contribution >= 4 is 5.71 Å². The van der Waals surface area contributed by atoms with Gasteiger partial charge >= 0.3 is 0 Å². The Hall–Kier alpha value is -2.87. The van der Waals surface area contributed by atoms with Crippen molar-refractivity contribution in [3.05, 3.63) is 108 Å². The predicted molar refractivity (Wildman–Crippen MR) is 106 cm³/mol. The largest absolute Gasteiger partial charge is 0.303 e. The first kappa shape index (κ1) is 17.0. The molecule has 0 saturated heterocycles. The molecule has 1 atom stereocenters.